The van der Waals surface area contributed by atoms with Gasteiger partial charge in [0.2, 0.25) is 11.8 Å². The molecule has 0 aliphatic heterocycles. The summed E-state index contributed by atoms with van der Waals surface area (Å²) in [5, 5.41) is 3.50. The van der Waals surface area contributed by atoms with Gasteiger partial charge in [0.1, 0.15) is 5.75 Å². The maximum Gasteiger partial charge on any atom is 0.223 e. The van der Waals surface area contributed by atoms with Gasteiger partial charge in [-0.15, -0.1) is 0 Å². The van der Waals surface area contributed by atoms with Crippen LogP contribution in [0.4, 0.5) is 0 Å². The first-order valence-corrected chi connectivity index (χ1v) is 8.28. The van der Waals surface area contributed by atoms with E-state index in [1.54, 1.807) is 30.5 Å². The van der Waals surface area contributed by atoms with Crippen molar-refractivity contribution in [1.29, 1.82) is 0 Å². The largest absolute Gasteiger partial charge is 0.493 e. The number of carbonyl (C=O) groups excluding carboxylic acids is 1. The van der Waals surface area contributed by atoms with Crippen LogP contribution in [0, 0.1) is 0 Å². The van der Waals surface area contributed by atoms with Crippen molar-refractivity contribution in [3.05, 3.63) is 53.2 Å². The van der Waals surface area contributed by atoms with Crippen molar-refractivity contribution in [2.45, 2.75) is 26.3 Å². The maximum atomic E-state index is 11.9. The van der Waals surface area contributed by atoms with Crippen LogP contribution in [0.3, 0.4) is 0 Å². The zero-order valence-electron chi connectivity index (χ0n) is 13.6. The minimum Gasteiger partial charge on any atom is -0.493 e. The Hall–Kier alpha value is -2.27. The van der Waals surface area contributed by atoms with Gasteiger partial charge in [-0.1, -0.05) is 24.6 Å². The highest BCUT2D eigenvalue weighted by Gasteiger charge is 2.07. The van der Waals surface area contributed by atoms with Gasteiger partial charge in [-0.2, -0.15) is 0 Å². The van der Waals surface area contributed by atoms with Crippen LogP contribution >= 0.6 is 11.6 Å². The Labute approximate surface area is 147 Å². The molecule has 0 unspecified atom stereocenters. The first-order chi connectivity index (χ1) is 11.7. The van der Waals surface area contributed by atoms with Crippen molar-refractivity contribution < 1.29 is 14.3 Å². The van der Waals surface area contributed by atoms with Crippen molar-refractivity contribution in [3.8, 4) is 11.6 Å². The number of pyridine rings is 1. The summed E-state index contributed by atoms with van der Waals surface area (Å²) in [6.07, 6.45) is 2.86. The van der Waals surface area contributed by atoms with Crippen LogP contribution < -0.4 is 14.8 Å². The third kappa shape index (κ3) is 6.08. The molecular formula is C18H21ClN2O3. The molecule has 1 amide bonds. The van der Waals surface area contributed by atoms with E-state index in [4.69, 9.17) is 21.1 Å². The van der Waals surface area contributed by atoms with Gasteiger partial charge in [-0.05, 0) is 36.8 Å². The van der Waals surface area contributed by atoms with Crippen molar-refractivity contribution >= 4 is 17.5 Å². The predicted octanol–water partition coefficient (Wildman–Crippen LogP) is 3.61. The molecule has 0 bridgehead atoms. The quantitative estimate of drug-likeness (QED) is 0.752. The van der Waals surface area contributed by atoms with Crippen LogP contribution in [0.2, 0.25) is 5.02 Å². The van der Waals surface area contributed by atoms with Crippen molar-refractivity contribution in [1.82, 2.24) is 10.3 Å². The van der Waals surface area contributed by atoms with Gasteiger partial charge in [0.15, 0.2) is 0 Å². The fraction of sp³-hybridized carbons (Fsp3) is 0.333. The molecule has 128 valence electrons. The number of hydrogen-bond donors (Lipinski definition) is 1. The highest BCUT2D eigenvalue weighted by Crippen LogP contribution is 2.16. The minimum absolute atomic E-state index is 0.0886. The first kappa shape index (κ1) is 18.1. The number of amides is 1. The van der Waals surface area contributed by atoms with E-state index in [0.29, 0.717) is 36.4 Å². The predicted molar refractivity (Wildman–Crippen MR) is 93.4 cm³/mol. The van der Waals surface area contributed by atoms with Gasteiger partial charge >= 0.3 is 0 Å². The van der Waals surface area contributed by atoms with Crippen molar-refractivity contribution in [2.24, 2.45) is 0 Å². The van der Waals surface area contributed by atoms with E-state index in [0.717, 1.165) is 12.0 Å². The van der Waals surface area contributed by atoms with E-state index < -0.39 is 0 Å². The number of carbonyl (C=O) groups is 1. The maximum absolute atomic E-state index is 11.9. The molecule has 24 heavy (non-hydrogen) atoms. The number of nitrogens with one attached hydrogen (secondary N) is 1. The summed E-state index contributed by atoms with van der Waals surface area (Å²) < 4.78 is 11.1. The normalized spacial score (nSPS) is 10.2. The molecule has 0 radical (unpaired) electrons. The Morgan fingerprint density at radius 1 is 1.17 bits per heavy atom. The fourth-order valence-corrected chi connectivity index (χ4v) is 2.09. The highest BCUT2D eigenvalue weighted by molar-refractivity contribution is 6.30. The van der Waals surface area contributed by atoms with Crippen LogP contribution in [0.1, 0.15) is 25.3 Å². The van der Waals surface area contributed by atoms with Gasteiger partial charge in [0.25, 0.3) is 0 Å². The number of benzene rings is 1. The number of nitrogens with zero attached hydrogens (tertiary/aromatic N) is 1. The molecule has 0 atom stereocenters. The molecular weight excluding hydrogens is 328 g/mol. The average molecular weight is 349 g/mol. The van der Waals surface area contributed by atoms with Crippen LogP contribution in [0.25, 0.3) is 0 Å². The molecule has 5 nitrogen and oxygen atoms in total. The summed E-state index contributed by atoms with van der Waals surface area (Å²) in [5.41, 5.74) is 0.859. The third-order valence-electron chi connectivity index (χ3n) is 3.18. The molecule has 0 aliphatic rings. The zero-order valence-corrected chi connectivity index (χ0v) is 14.4. The Balaban J connectivity index is 1.74. The average Bonchev–Trinajstić information content (AvgIpc) is 2.60. The molecule has 1 N–H and O–H groups in total. The first-order valence-electron chi connectivity index (χ1n) is 7.90. The van der Waals surface area contributed by atoms with Gasteiger partial charge in [-0.25, -0.2) is 4.98 Å². The smallest absolute Gasteiger partial charge is 0.223 e. The lowest BCUT2D eigenvalue weighted by molar-refractivity contribution is -0.121. The summed E-state index contributed by atoms with van der Waals surface area (Å²) in [7, 11) is 0. The molecule has 1 aromatic heterocycles. The lowest BCUT2D eigenvalue weighted by Gasteiger charge is -2.11. The second-order valence-corrected chi connectivity index (χ2v) is 5.58. The monoisotopic (exact) mass is 348 g/mol. The topological polar surface area (TPSA) is 60.5 Å². The van der Waals surface area contributed by atoms with E-state index in [2.05, 4.69) is 10.3 Å². The van der Waals surface area contributed by atoms with Crippen LogP contribution in [0.5, 0.6) is 11.6 Å². The minimum atomic E-state index is -0.0886. The molecule has 0 fully saturated rings. The molecule has 0 saturated heterocycles. The number of ether oxygens (including phenoxy) is 2. The van der Waals surface area contributed by atoms with Crippen LogP contribution in [-0.4, -0.2) is 24.1 Å². The van der Waals surface area contributed by atoms with E-state index in [1.807, 2.05) is 19.1 Å². The molecule has 1 heterocycles. The summed E-state index contributed by atoms with van der Waals surface area (Å²) >= 11 is 5.81. The molecule has 2 rings (SSSR count). The Bertz CT molecular complexity index is 647. The fourth-order valence-electron chi connectivity index (χ4n) is 1.96. The second kappa shape index (κ2) is 9.78. The Morgan fingerprint density at radius 2 is 1.96 bits per heavy atom. The standard InChI is InChI=1S/C18H21ClN2O3/c1-2-11-24-18-14(4-3-10-20-18)13-21-17(22)9-12-23-16-7-5-15(19)6-8-16/h3-8,10H,2,9,11-13H2,1H3,(H,21,22). The van der Waals surface area contributed by atoms with Gasteiger partial charge < -0.3 is 14.8 Å². The number of hydrogen-bond acceptors (Lipinski definition) is 4. The second-order valence-electron chi connectivity index (χ2n) is 5.15. The summed E-state index contributed by atoms with van der Waals surface area (Å²) in [5.74, 6) is 1.17. The lowest BCUT2D eigenvalue weighted by Crippen LogP contribution is -2.24. The lowest BCUT2D eigenvalue weighted by atomic mass is 10.2. The molecule has 0 spiro atoms. The summed E-state index contributed by atoms with van der Waals surface area (Å²) in [4.78, 5) is 16.1. The zero-order chi connectivity index (χ0) is 17.2. The van der Waals surface area contributed by atoms with Gasteiger partial charge in [0, 0.05) is 23.3 Å². The van der Waals surface area contributed by atoms with E-state index >= 15 is 0 Å². The van der Waals surface area contributed by atoms with E-state index in [9.17, 15) is 4.79 Å². The van der Waals surface area contributed by atoms with Gasteiger partial charge in [-0.3, -0.25) is 4.79 Å². The van der Waals surface area contributed by atoms with Crippen LogP contribution in [0.15, 0.2) is 42.6 Å². The molecule has 2 aromatic rings. The number of halogens is 1. The van der Waals surface area contributed by atoms with Crippen LogP contribution in [-0.2, 0) is 11.3 Å². The van der Waals surface area contributed by atoms with Gasteiger partial charge in [0.05, 0.1) is 19.6 Å². The SMILES string of the molecule is CCCOc1ncccc1CNC(=O)CCOc1ccc(Cl)cc1. The van der Waals surface area contributed by atoms with Crippen molar-refractivity contribution in [3.63, 3.8) is 0 Å². The van der Waals surface area contributed by atoms with E-state index in [1.165, 1.54) is 0 Å². The highest BCUT2D eigenvalue weighted by atomic mass is 35.5. The number of rotatable bonds is 9. The summed E-state index contributed by atoms with van der Waals surface area (Å²) in [6, 6.07) is 10.8. The van der Waals surface area contributed by atoms with E-state index in [-0.39, 0.29) is 12.3 Å². The summed E-state index contributed by atoms with van der Waals surface area (Å²) in [6.45, 7) is 3.32. The Kier molecular flexibility index (Phi) is 7.36. The number of aromatic nitrogens is 1. The Morgan fingerprint density at radius 3 is 2.71 bits per heavy atom. The third-order valence-corrected chi connectivity index (χ3v) is 3.43. The molecule has 1 aromatic carbocycles. The molecule has 0 aliphatic carbocycles. The molecule has 6 heteroatoms. The molecule has 0 saturated carbocycles. The van der Waals surface area contributed by atoms with Crippen molar-refractivity contribution in [2.75, 3.05) is 13.2 Å².